The molecule has 0 radical (unpaired) electrons. The molecule has 1 aliphatic carbocycles. The molecule has 1 heterocycles. The molecule has 0 spiro atoms. The standard InChI is InChI=1S/C18H16Br2Cl2N2O5/c19-11-4-9-10(5-12(11)20)18(28)24(17(9)27)6-16(26)29-7-15(25)23-14-2-1-8(21)3-13(14)22/h1-3,9-12H,4-7H2,(H,23,25)/t9-,10-,11+,12+/m1/s1. The molecule has 1 saturated carbocycles. The molecule has 1 saturated heterocycles. The van der Waals surface area contributed by atoms with E-state index < -0.39 is 36.9 Å². The normalized spacial score (nSPS) is 26.3. The van der Waals surface area contributed by atoms with Gasteiger partial charge >= 0.3 is 5.97 Å². The van der Waals surface area contributed by atoms with Crippen LogP contribution >= 0.6 is 55.1 Å². The average Bonchev–Trinajstić information content (AvgIpc) is 2.87. The van der Waals surface area contributed by atoms with Gasteiger partial charge in [0, 0.05) is 14.7 Å². The lowest BCUT2D eigenvalue weighted by Gasteiger charge is -2.29. The molecule has 1 aromatic carbocycles. The molecular formula is C18H16Br2Cl2N2O5. The van der Waals surface area contributed by atoms with Crippen molar-refractivity contribution in [3.05, 3.63) is 28.2 Å². The van der Waals surface area contributed by atoms with Gasteiger partial charge < -0.3 is 10.1 Å². The maximum absolute atomic E-state index is 12.5. The van der Waals surface area contributed by atoms with E-state index in [4.69, 9.17) is 27.9 Å². The van der Waals surface area contributed by atoms with Crippen LogP contribution in [0.3, 0.4) is 0 Å². The average molecular weight is 571 g/mol. The molecule has 1 aromatic rings. The highest BCUT2D eigenvalue weighted by atomic mass is 79.9. The van der Waals surface area contributed by atoms with Gasteiger partial charge in [-0.15, -0.1) is 0 Å². The van der Waals surface area contributed by atoms with E-state index in [0.717, 1.165) is 4.90 Å². The fourth-order valence-electron chi connectivity index (χ4n) is 3.42. The minimum atomic E-state index is -0.839. The Bertz CT molecular complexity index is 841. The third-order valence-corrected chi connectivity index (χ3v) is 8.14. The number of likely N-dealkylation sites (tertiary alicyclic amines) is 1. The Labute approximate surface area is 193 Å². The first kappa shape index (κ1) is 22.5. The lowest BCUT2D eigenvalue weighted by molar-refractivity contribution is -0.154. The zero-order valence-electron chi connectivity index (χ0n) is 14.9. The van der Waals surface area contributed by atoms with E-state index in [1.807, 2.05) is 0 Å². The van der Waals surface area contributed by atoms with E-state index in [1.54, 1.807) is 6.07 Å². The summed E-state index contributed by atoms with van der Waals surface area (Å²) < 4.78 is 4.91. The number of anilines is 1. The van der Waals surface area contributed by atoms with Crippen LogP contribution in [-0.2, 0) is 23.9 Å². The highest BCUT2D eigenvalue weighted by molar-refractivity contribution is 9.12. The number of imide groups is 1. The van der Waals surface area contributed by atoms with Crippen molar-refractivity contribution in [3.8, 4) is 0 Å². The molecule has 3 rings (SSSR count). The minimum Gasteiger partial charge on any atom is -0.454 e. The van der Waals surface area contributed by atoms with Crippen molar-refractivity contribution in [2.45, 2.75) is 22.5 Å². The number of benzene rings is 1. The van der Waals surface area contributed by atoms with Gasteiger partial charge in [-0.05, 0) is 31.0 Å². The molecule has 1 N–H and O–H groups in total. The van der Waals surface area contributed by atoms with Crippen molar-refractivity contribution in [1.29, 1.82) is 0 Å². The molecule has 2 fully saturated rings. The molecule has 2 aliphatic rings. The number of amides is 3. The van der Waals surface area contributed by atoms with Gasteiger partial charge in [-0.2, -0.15) is 0 Å². The molecule has 0 unspecified atom stereocenters. The number of fused-ring (bicyclic) bond motifs is 1. The zero-order chi connectivity index (χ0) is 21.3. The topological polar surface area (TPSA) is 92.8 Å². The number of ether oxygens (including phenoxy) is 1. The number of hydrogen-bond acceptors (Lipinski definition) is 5. The quantitative estimate of drug-likeness (QED) is 0.333. The van der Waals surface area contributed by atoms with Crippen molar-refractivity contribution < 1.29 is 23.9 Å². The second-order valence-corrected chi connectivity index (χ2v) is 10.0. The summed E-state index contributed by atoms with van der Waals surface area (Å²) in [6.07, 6.45) is 1.03. The molecule has 0 aromatic heterocycles. The Hall–Kier alpha value is -1.16. The Morgan fingerprint density at radius 2 is 1.69 bits per heavy atom. The number of halogens is 4. The molecular weight excluding hydrogens is 555 g/mol. The molecule has 156 valence electrons. The van der Waals surface area contributed by atoms with Gasteiger partial charge in [-0.25, -0.2) is 0 Å². The fraction of sp³-hybridized carbons (Fsp3) is 0.444. The summed E-state index contributed by atoms with van der Waals surface area (Å²) in [6, 6.07) is 4.53. The number of alkyl halides is 2. The predicted molar refractivity (Wildman–Crippen MR) is 114 cm³/mol. The number of esters is 1. The van der Waals surface area contributed by atoms with E-state index in [0.29, 0.717) is 23.6 Å². The first-order valence-corrected chi connectivity index (χ1v) is 11.3. The molecule has 0 bridgehead atoms. The summed E-state index contributed by atoms with van der Waals surface area (Å²) in [4.78, 5) is 50.2. The summed E-state index contributed by atoms with van der Waals surface area (Å²) in [6.45, 7) is -1.09. The third kappa shape index (κ3) is 5.13. The van der Waals surface area contributed by atoms with Gasteiger partial charge in [0.25, 0.3) is 5.91 Å². The number of carbonyl (C=O) groups excluding carboxylic acids is 4. The van der Waals surface area contributed by atoms with Crippen molar-refractivity contribution in [3.63, 3.8) is 0 Å². The van der Waals surface area contributed by atoms with Gasteiger partial charge in [0.15, 0.2) is 6.61 Å². The number of carbonyl (C=O) groups is 4. The van der Waals surface area contributed by atoms with E-state index in [9.17, 15) is 19.2 Å². The van der Waals surface area contributed by atoms with Crippen molar-refractivity contribution in [2.75, 3.05) is 18.5 Å². The van der Waals surface area contributed by atoms with E-state index in [2.05, 4.69) is 37.2 Å². The second kappa shape index (κ2) is 9.32. The van der Waals surface area contributed by atoms with Crippen LogP contribution in [0.15, 0.2) is 18.2 Å². The van der Waals surface area contributed by atoms with Gasteiger partial charge in [-0.3, -0.25) is 24.1 Å². The molecule has 11 heteroatoms. The summed E-state index contributed by atoms with van der Waals surface area (Å²) in [7, 11) is 0. The molecule has 7 nitrogen and oxygen atoms in total. The smallest absolute Gasteiger partial charge is 0.326 e. The predicted octanol–water partition coefficient (Wildman–Crippen LogP) is 3.40. The Morgan fingerprint density at radius 3 is 2.24 bits per heavy atom. The van der Waals surface area contributed by atoms with E-state index in [1.165, 1.54) is 12.1 Å². The van der Waals surface area contributed by atoms with E-state index in [-0.39, 0.29) is 26.5 Å². The highest BCUT2D eigenvalue weighted by Crippen LogP contribution is 2.43. The van der Waals surface area contributed by atoms with Crippen LogP contribution in [0.1, 0.15) is 12.8 Å². The summed E-state index contributed by atoms with van der Waals surface area (Å²) in [5.41, 5.74) is 0.319. The molecule has 1 aliphatic heterocycles. The van der Waals surface area contributed by atoms with Crippen molar-refractivity contribution in [2.24, 2.45) is 11.8 Å². The molecule has 4 atom stereocenters. The lowest BCUT2D eigenvalue weighted by Crippen LogP contribution is -2.37. The van der Waals surface area contributed by atoms with Crippen LogP contribution in [0.4, 0.5) is 5.69 Å². The highest BCUT2D eigenvalue weighted by Gasteiger charge is 2.52. The first-order valence-electron chi connectivity index (χ1n) is 8.71. The molecule has 29 heavy (non-hydrogen) atoms. The van der Waals surface area contributed by atoms with Crippen LogP contribution < -0.4 is 5.32 Å². The third-order valence-electron chi connectivity index (χ3n) is 4.86. The van der Waals surface area contributed by atoms with Gasteiger partial charge in [0.05, 0.1) is 22.5 Å². The van der Waals surface area contributed by atoms with Crippen LogP contribution in [-0.4, -0.2) is 51.4 Å². The first-order chi connectivity index (χ1) is 13.7. The van der Waals surface area contributed by atoms with Crippen molar-refractivity contribution in [1.82, 2.24) is 4.90 Å². The monoisotopic (exact) mass is 568 g/mol. The summed E-state index contributed by atoms with van der Waals surface area (Å²) in [5.74, 6) is -3.09. The number of nitrogens with zero attached hydrogens (tertiary/aromatic N) is 1. The zero-order valence-corrected chi connectivity index (χ0v) is 19.6. The summed E-state index contributed by atoms with van der Waals surface area (Å²) >= 11 is 18.8. The van der Waals surface area contributed by atoms with Crippen molar-refractivity contribution >= 4 is 84.4 Å². The maximum Gasteiger partial charge on any atom is 0.326 e. The lowest BCUT2D eigenvalue weighted by atomic mass is 9.81. The Kier molecular flexibility index (Phi) is 7.24. The fourth-order valence-corrected chi connectivity index (χ4v) is 5.11. The van der Waals surface area contributed by atoms with Crippen LogP contribution in [0, 0.1) is 11.8 Å². The van der Waals surface area contributed by atoms with Crippen LogP contribution in [0.25, 0.3) is 0 Å². The Morgan fingerprint density at radius 1 is 1.10 bits per heavy atom. The van der Waals surface area contributed by atoms with Gasteiger partial charge in [-0.1, -0.05) is 55.1 Å². The maximum atomic E-state index is 12.5. The second-order valence-electron chi connectivity index (χ2n) is 6.81. The Balaban J connectivity index is 1.52. The van der Waals surface area contributed by atoms with Crippen LogP contribution in [0.5, 0.6) is 0 Å². The van der Waals surface area contributed by atoms with Crippen LogP contribution in [0.2, 0.25) is 10.0 Å². The van der Waals surface area contributed by atoms with Gasteiger partial charge in [0.2, 0.25) is 11.8 Å². The summed E-state index contributed by atoms with van der Waals surface area (Å²) in [5, 5.41) is 3.14. The molecule has 3 amide bonds. The van der Waals surface area contributed by atoms with Gasteiger partial charge in [0.1, 0.15) is 6.54 Å². The largest absolute Gasteiger partial charge is 0.454 e. The SMILES string of the molecule is O=C(COC(=O)CN1C(=O)[C@@H]2C[C@H](Br)[C@@H](Br)C[C@H]2C1=O)Nc1ccc(Cl)cc1Cl. The number of hydrogen-bond donors (Lipinski definition) is 1. The number of rotatable bonds is 5. The minimum absolute atomic E-state index is 0.0794. The van der Waals surface area contributed by atoms with E-state index >= 15 is 0 Å². The number of nitrogens with one attached hydrogen (secondary N) is 1.